The van der Waals surface area contributed by atoms with Gasteiger partial charge in [0.1, 0.15) is 16.7 Å². The van der Waals surface area contributed by atoms with Crippen LogP contribution in [0.25, 0.3) is 0 Å². The van der Waals surface area contributed by atoms with Gasteiger partial charge in [0, 0.05) is 16.6 Å². The third-order valence-corrected chi connectivity index (χ3v) is 8.10. The van der Waals surface area contributed by atoms with E-state index in [1.807, 2.05) is 48.5 Å². The summed E-state index contributed by atoms with van der Waals surface area (Å²) in [4.78, 5) is 38.7. The lowest BCUT2D eigenvalue weighted by Crippen LogP contribution is -2.34. The number of ether oxygens (including phenoxy) is 2. The quantitative estimate of drug-likeness (QED) is 0.187. The molecular weight excluding hydrogens is 552 g/mol. The maximum Gasteiger partial charge on any atom is 0.307 e. The molecule has 1 aliphatic rings. The number of anilines is 2. The lowest BCUT2D eigenvalue weighted by molar-refractivity contribution is -0.146. The molecule has 2 amide bonds. The summed E-state index contributed by atoms with van der Waals surface area (Å²) >= 11 is 7.64. The summed E-state index contributed by atoms with van der Waals surface area (Å²) in [5, 5.41) is 14.9. The normalized spacial score (nSPS) is 17.0. The minimum Gasteiger partial charge on any atom is -0.495 e. The number of allylic oxidation sites excluding steroid dienone is 2. The fourth-order valence-corrected chi connectivity index (χ4v) is 5.69. The number of carbonyl (C=O) groups is 3. The molecule has 10 heteroatoms. The summed E-state index contributed by atoms with van der Waals surface area (Å²) in [6, 6.07) is 19.6. The highest BCUT2D eigenvalue weighted by Crippen LogP contribution is 2.40. The van der Waals surface area contributed by atoms with E-state index in [1.165, 1.54) is 26.0 Å². The maximum absolute atomic E-state index is 13.6. The topological polar surface area (TPSA) is 114 Å². The zero-order valence-electron chi connectivity index (χ0n) is 21.9. The molecule has 0 aliphatic heterocycles. The van der Waals surface area contributed by atoms with Crippen molar-refractivity contribution in [2.75, 3.05) is 24.9 Å². The number of amides is 2. The second kappa shape index (κ2) is 13.4. The van der Waals surface area contributed by atoms with E-state index in [2.05, 4.69) is 10.6 Å². The SMILES string of the molecule is COc1cc(OC)c(NC(=O)C(Sc2ccc(NC(=O)C3CC=CCC3C(=O)O)cc2)c2ccccc2)cc1Cl. The molecule has 3 aromatic rings. The third-order valence-electron chi connectivity index (χ3n) is 6.53. The van der Waals surface area contributed by atoms with Gasteiger partial charge in [-0.3, -0.25) is 14.4 Å². The number of carboxylic acids is 1. The first-order valence-corrected chi connectivity index (χ1v) is 13.8. The van der Waals surface area contributed by atoms with Crippen LogP contribution in [0.5, 0.6) is 11.5 Å². The highest BCUT2D eigenvalue weighted by molar-refractivity contribution is 8.00. The summed E-state index contributed by atoms with van der Waals surface area (Å²) in [5.74, 6) is -2.13. The van der Waals surface area contributed by atoms with Crippen LogP contribution in [0.15, 0.2) is 83.8 Å². The van der Waals surface area contributed by atoms with Gasteiger partial charge in [0.25, 0.3) is 0 Å². The van der Waals surface area contributed by atoms with E-state index >= 15 is 0 Å². The highest BCUT2D eigenvalue weighted by atomic mass is 35.5. The number of hydrogen-bond donors (Lipinski definition) is 3. The molecule has 3 N–H and O–H groups in total. The molecule has 3 aromatic carbocycles. The van der Waals surface area contributed by atoms with Crippen LogP contribution in [-0.4, -0.2) is 37.1 Å². The molecule has 40 heavy (non-hydrogen) atoms. The van der Waals surface area contributed by atoms with E-state index in [4.69, 9.17) is 21.1 Å². The number of nitrogens with one attached hydrogen (secondary N) is 2. The number of benzene rings is 3. The van der Waals surface area contributed by atoms with Crippen LogP contribution in [0.4, 0.5) is 11.4 Å². The van der Waals surface area contributed by atoms with Crippen LogP contribution in [0.2, 0.25) is 5.02 Å². The summed E-state index contributed by atoms with van der Waals surface area (Å²) in [7, 11) is 2.99. The van der Waals surface area contributed by atoms with E-state index in [1.54, 1.807) is 30.3 Å². The standard InChI is InChI=1S/C30H29ClN2O6S/c1-38-25-17-26(39-2)24(16-23(25)31)33-29(35)27(18-8-4-3-5-9-18)40-20-14-12-19(13-15-20)32-28(34)21-10-6-7-11-22(21)30(36)37/h3-9,12-17,21-22,27H,10-11H2,1-2H3,(H,32,34)(H,33,35)(H,36,37). The van der Waals surface area contributed by atoms with Gasteiger partial charge in [0.15, 0.2) is 0 Å². The maximum atomic E-state index is 13.6. The van der Waals surface area contributed by atoms with Gasteiger partial charge in [-0.1, -0.05) is 54.1 Å². The zero-order valence-corrected chi connectivity index (χ0v) is 23.5. The Morgan fingerprint density at radius 1 is 0.900 bits per heavy atom. The Bertz CT molecular complexity index is 1400. The Hall–Kier alpha value is -3.95. The van der Waals surface area contributed by atoms with Gasteiger partial charge >= 0.3 is 5.97 Å². The Labute approximate surface area is 241 Å². The minimum atomic E-state index is -0.976. The number of methoxy groups -OCH3 is 2. The monoisotopic (exact) mass is 580 g/mol. The minimum absolute atomic E-state index is 0.279. The summed E-state index contributed by atoms with van der Waals surface area (Å²) in [5.41, 5.74) is 1.76. The summed E-state index contributed by atoms with van der Waals surface area (Å²) in [6.45, 7) is 0. The molecule has 3 atom stereocenters. The molecule has 4 rings (SSSR count). The van der Waals surface area contributed by atoms with Crippen LogP contribution in [0.1, 0.15) is 23.7 Å². The molecule has 8 nitrogen and oxygen atoms in total. The van der Waals surface area contributed by atoms with Gasteiger partial charge in [-0.2, -0.15) is 0 Å². The molecule has 0 bridgehead atoms. The van der Waals surface area contributed by atoms with Gasteiger partial charge in [-0.25, -0.2) is 0 Å². The fraction of sp³-hybridized carbons (Fsp3) is 0.233. The lowest BCUT2D eigenvalue weighted by atomic mass is 9.82. The molecule has 3 unspecified atom stereocenters. The third kappa shape index (κ3) is 6.97. The second-order valence-corrected chi connectivity index (χ2v) is 10.7. The Kier molecular flexibility index (Phi) is 9.74. The molecule has 0 aromatic heterocycles. The number of halogens is 1. The summed E-state index contributed by atoms with van der Waals surface area (Å²) < 4.78 is 10.7. The Morgan fingerprint density at radius 2 is 1.55 bits per heavy atom. The van der Waals surface area contributed by atoms with Crippen molar-refractivity contribution in [3.05, 3.63) is 89.5 Å². The Balaban J connectivity index is 1.50. The van der Waals surface area contributed by atoms with Gasteiger partial charge in [0.05, 0.1) is 36.8 Å². The molecular formula is C30H29ClN2O6S. The lowest BCUT2D eigenvalue weighted by Gasteiger charge is -2.24. The highest BCUT2D eigenvalue weighted by Gasteiger charge is 2.34. The van der Waals surface area contributed by atoms with Gasteiger partial charge in [0.2, 0.25) is 11.8 Å². The molecule has 0 spiro atoms. The van der Waals surface area contributed by atoms with Crippen LogP contribution in [0.3, 0.4) is 0 Å². The van der Waals surface area contributed by atoms with Gasteiger partial charge in [-0.15, -0.1) is 11.8 Å². The van der Waals surface area contributed by atoms with E-state index in [0.29, 0.717) is 40.7 Å². The number of hydrogen-bond acceptors (Lipinski definition) is 6. The number of aliphatic carboxylic acids is 1. The van der Waals surface area contributed by atoms with Crippen LogP contribution >= 0.6 is 23.4 Å². The molecule has 0 saturated heterocycles. The number of thioether (sulfide) groups is 1. The zero-order chi connectivity index (χ0) is 28.6. The van der Waals surface area contributed by atoms with Crippen molar-refractivity contribution >= 4 is 52.5 Å². The first-order chi connectivity index (χ1) is 19.3. The number of carboxylic acid groups (broad SMARTS) is 1. The van der Waals surface area contributed by atoms with E-state index in [9.17, 15) is 19.5 Å². The van der Waals surface area contributed by atoms with Crippen molar-refractivity contribution in [3.63, 3.8) is 0 Å². The predicted molar refractivity (Wildman–Crippen MR) is 156 cm³/mol. The van der Waals surface area contributed by atoms with Crippen LogP contribution < -0.4 is 20.1 Å². The molecule has 208 valence electrons. The first-order valence-electron chi connectivity index (χ1n) is 12.5. The average molecular weight is 581 g/mol. The van der Waals surface area contributed by atoms with Crippen molar-refractivity contribution in [2.24, 2.45) is 11.8 Å². The van der Waals surface area contributed by atoms with E-state index in [-0.39, 0.29) is 11.8 Å². The number of rotatable bonds is 10. The van der Waals surface area contributed by atoms with Crippen molar-refractivity contribution in [3.8, 4) is 11.5 Å². The Morgan fingerprint density at radius 3 is 2.17 bits per heavy atom. The van der Waals surface area contributed by atoms with E-state index < -0.39 is 23.1 Å². The fourth-order valence-electron chi connectivity index (χ4n) is 4.42. The largest absolute Gasteiger partial charge is 0.495 e. The predicted octanol–water partition coefficient (Wildman–Crippen LogP) is 6.43. The summed E-state index contributed by atoms with van der Waals surface area (Å²) in [6.07, 6.45) is 4.36. The molecule has 0 fully saturated rings. The molecule has 1 aliphatic carbocycles. The second-order valence-electron chi connectivity index (χ2n) is 9.09. The van der Waals surface area contributed by atoms with Crippen molar-refractivity contribution in [2.45, 2.75) is 23.0 Å². The van der Waals surface area contributed by atoms with E-state index in [0.717, 1.165) is 10.5 Å². The van der Waals surface area contributed by atoms with Crippen molar-refractivity contribution in [1.82, 2.24) is 0 Å². The smallest absolute Gasteiger partial charge is 0.307 e. The van der Waals surface area contributed by atoms with Crippen LogP contribution in [-0.2, 0) is 14.4 Å². The average Bonchev–Trinajstić information content (AvgIpc) is 2.97. The molecule has 0 radical (unpaired) electrons. The first kappa shape index (κ1) is 29.0. The van der Waals surface area contributed by atoms with Crippen molar-refractivity contribution in [1.29, 1.82) is 0 Å². The molecule has 0 saturated carbocycles. The van der Waals surface area contributed by atoms with Gasteiger partial charge < -0.3 is 25.2 Å². The van der Waals surface area contributed by atoms with Crippen molar-refractivity contribution < 1.29 is 29.0 Å². The number of carbonyl (C=O) groups excluding carboxylic acids is 2. The van der Waals surface area contributed by atoms with Crippen LogP contribution in [0, 0.1) is 11.8 Å². The van der Waals surface area contributed by atoms with Gasteiger partial charge in [-0.05, 0) is 48.7 Å². The molecule has 0 heterocycles.